The lowest BCUT2D eigenvalue weighted by molar-refractivity contribution is -0.371. The second-order valence-corrected chi connectivity index (χ2v) is 5.43. The molecule has 0 aromatic carbocycles. The number of aromatic nitrogens is 1. The molecule has 1 aromatic rings. The third-order valence-corrected chi connectivity index (χ3v) is 4.09. The summed E-state index contributed by atoms with van der Waals surface area (Å²) in [7, 11) is 0. The molecule has 1 aliphatic rings. The number of aromatic amines is 1. The zero-order valence-electron chi connectivity index (χ0n) is 9.38. The van der Waals surface area contributed by atoms with E-state index < -0.39 is 0 Å². The fourth-order valence-electron chi connectivity index (χ4n) is 2.17. The summed E-state index contributed by atoms with van der Waals surface area (Å²) in [5.74, 6) is 0.581. The number of hydrogen-bond donors (Lipinski definition) is 1. The topological polar surface area (TPSA) is 49.4 Å². The summed E-state index contributed by atoms with van der Waals surface area (Å²) in [4.78, 5) is 3.25. The van der Waals surface area contributed by atoms with Crippen LogP contribution >= 0.6 is 11.3 Å². The fourth-order valence-corrected chi connectivity index (χ4v) is 2.85. The maximum atomic E-state index is 5.83. The largest absolute Gasteiger partial charge is 0.375 e. The van der Waals surface area contributed by atoms with Crippen LogP contribution in [-0.2, 0) is 4.74 Å². The number of nitrogen functional groups attached to an aromatic ring is 1. The number of H-pyrrole nitrogens is 1. The van der Waals surface area contributed by atoms with Crippen LogP contribution in [0.1, 0.15) is 44.7 Å². The van der Waals surface area contributed by atoms with Crippen molar-refractivity contribution in [2.45, 2.75) is 44.6 Å². The van der Waals surface area contributed by atoms with Gasteiger partial charge in [0, 0.05) is 17.9 Å². The lowest BCUT2D eigenvalue weighted by Gasteiger charge is -2.36. The third kappa shape index (κ3) is 2.32. The van der Waals surface area contributed by atoms with Crippen molar-refractivity contribution in [1.82, 2.24) is 0 Å². The molecule has 2 rings (SSSR count). The standard InChI is InChI=1S/C11H18N2OS/c1-3-11(2)6-8(4-5-14-11)9-7-15-10(12)13-9/h7-8H,3-6H2,1-2H3,(H2,12,13)/p+1. The molecule has 1 aromatic heterocycles. The van der Waals surface area contributed by atoms with Gasteiger partial charge in [0.15, 0.2) is 0 Å². The van der Waals surface area contributed by atoms with Crippen molar-refractivity contribution in [3.05, 3.63) is 11.1 Å². The molecule has 0 saturated carbocycles. The Morgan fingerprint density at radius 3 is 3.13 bits per heavy atom. The zero-order chi connectivity index (χ0) is 10.9. The smallest absolute Gasteiger partial charge is 0.329 e. The molecule has 84 valence electrons. The van der Waals surface area contributed by atoms with E-state index in [1.54, 1.807) is 11.3 Å². The van der Waals surface area contributed by atoms with E-state index in [9.17, 15) is 0 Å². The van der Waals surface area contributed by atoms with Crippen LogP contribution in [0.5, 0.6) is 0 Å². The van der Waals surface area contributed by atoms with Gasteiger partial charge in [-0.15, -0.1) is 0 Å². The Hall–Kier alpha value is -0.610. The second kappa shape index (κ2) is 4.10. The van der Waals surface area contributed by atoms with Gasteiger partial charge in [0.25, 0.3) is 0 Å². The van der Waals surface area contributed by atoms with Gasteiger partial charge in [0.05, 0.1) is 5.60 Å². The number of nitrogens with one attached hydrogen (secondary N) is 1. The molecule has 0 aliphatic carbocycles. The molecule has 3 nitrogen and oxygen atoms in total. The first-order chi connectivity index (χ1) is 7.13. The highest BCUT2D eigenvalue weighted by molar-refractivity contribution is 7.13. The molecular weight excluding hydrogens is 208 g/mol. The Kier molecular flexibility index (Phi) is 2.98. The van der Waals surface area contributed by atoms with Gasteiger partial charge in [-0.2, -0.15) is 0 Å². The van der Waals surface area contributed by atoms with Gasteiger partial charge >= 0.3 is 5.13 Å². The van der Waals surface area contributed by atoms with Crippen LogP contribution in [-0.4, -0.2) is 12.2 Å². The predicted molar refractivity (Wildman–Crippen MR) is 61.9 cm³/mol. The van der Waals surface area contributed by atoms with Crippen molar-refractivity contribution in [2.75, 3.05) is 12.3 Å². The summed E-state index contributed by atoms with van der Waals surface area (Å²) in [6.07, 6.45) is 3.27. The van der Waals surface area contributed by atoms with E-state index in [2.05, 4.69) is 24.2 Å². The normalized spacial score (nSPS) is 31.7. The molecule has 3 N–H and O–H groups in total. The van der Waals surface area contributed by atoms with Crippen LogP contribution in [0.25, 0.3) is 0 Å². The van der Waals surface area contributed by atoms with Crippen LogP contribution in [0.4, 0.5) is 5.13 Å². The molecule has 0 radical (unpaired) electrons. The van der Waals surface area contributed by atoms with Crippen molar-refractivity contribution in [2.24, 2.45) is 0 Å². The van der Waals surface area contributed by atoms with Crippen molar-refractivity contribution in [1.29, 1.82) is 0 Å². The SMILES string of the molecule is CCC1(C)CC(c2csc(N)[nH+]2)CCO1. The van der Waals surface area contributed by atoms with Gasteiger partial charge in [0.2, 0.25) is 0 Å². The predicted octanol–water partition coefficient (Wildman–Crippen LogP) is 2.21. The molecule has 2 unspecified atom stereocenters. The summed E-state index contributed by atoms with van der Waals surface area (Å²) in [5.41, 5.74) is 7.04. The van der Waals surface area contributed by atoms with Crippen LogP contribution in [0.15, 0.2) is 5.38 Å². The first-order valence-electron chi connectivity index (χ1n) is 5.53. The summed E-state index contributed by atoms with van der Waals surface area (Å²) >= 11 is 1.59. The highest BCUT2D eigenvalue weighted by Crippen LogP contribution is 2.36. The summed E-state index contributed by atoms with van der Waals surface area (Å²) in [6, 6.07) is 0. The highest BCUT2D eigenvalue weighted by atomic mass is 32.1. The Balaban J connectivity index is 2.11. The number of rotatable bonds is 2. The minimum atomic E-state index is 0.0491. The van der Waals surface area contributed by atoms with Crippen molar-refractivity contribution in [3.63, 3.8) is 0 Å². The van der Waals surface area contributed by atoms with E-state index >= 15 is 0 Å². The van der Waals surface area contributed by atoms with Gasteiger partial charge in [-0.1, -0.05) is 18.3 Å². The summed E-state index contributed by atoms with van der Waals surface area (Å²) in [5, 5.41) is 2.94. The lowest BCUT2D eigenvalue weighted by atomic mass is 9.84. The highest BCUT2D eigenvalue weighted by Gasteiger charge is 2.34. The molecule has 1 saturated heterocycles. The Labute approximate surface area is 94.7 Å². The maximum Gasteiger partial charge on any atom is 0.329 e. The molecule has 2 heterocycles. The second-order valence-electron chi connectivity index (χ2n) is 4.52. The van der Waals surface area contributed by atoms with Crippen LogP contribution in [0, 0.1) is 0 Å². The minimum absolute atomic E-state index is 0.0491. The first-order valence-corrected chi connectivity index (χ1v) is 6.41. The maximum absolute atomic E-state index is 5.83. The van der Waals surface area contributed by atoms with Crippen LogP contribution in [0.3, 0.4) is 0 Å². The summed E-state index contributed by atoms with van der Waals surface area (Å²) in [6.45, 7) is 5.25. The lowest BCUT2D eigenvalue weighted by Crippen LogP contribution is -2.36. The molecule has 0 spiro atoms. The Morgan fingerprint density at radius 2 is 2.53 bits per heavy atom. The van der Waals surface area contributed by atoms with Gasteiger partial charge in [0.1, 0.15) is 5.69 Å². The van der Waals surface area contributed by atoms with Crippen LogP contribution < -0.4 is 10.7 Å². The van der Waals surface area contributed by atoms with E-state index in [-0.39, 0.29) is 5.60 Å². The molecule has 15 heavy (non-hydrogen) atoms. The zero-order valence-corrected chi connectivity index (χ0v) is 10.2. The molecule has 2 atom stereocenters. The van der Waals surface area contributed by atoms with E-state index in [1.165, 1.54) is 5.69 Å². The van der Waals surface area contributed by atoms with E-state index in [0.717, 1.165) is 31.0 Å². The van der Waals surface area contributed by atoms with E-state index in [0.29, 0.717) is 5.92 Å². The van der Waals surface area contributed by atoms with Gasteiger partial charge < -0.3 is 4.74 Å². The van der Waals surface area contributed by atoms with Gasteiger partial charge in [-0.25, -0.2) is 4.98 Å². The molecule has 1 aliphatic heterocycles. The summed E-state index contributed by atoms with van der Waals surface area (Å²) < 4.78 is 5.83. The van der Waals surface area contributed by atoms with Gasteiger partial charge in [-0.05, 0) is 26.2 Å². The van der Waals surface area contributed by atoms with Crippen molar-refractivity contribution >= 4 is 16.5 Å². The Bertz CT molecular complexity index is 339. The molecule has 0 amide bonds. The molecule has 1 fully saturated rings. The van der Waals surface area contributed by atoms with E-state index in [4.69, 9.17) is 10.5 Å². The van der Waals surface area contributed by atoms with Crippen molar-refractivity contribution < 1.29 is 9.72 Å². The number of hydrogen-bond acceptors (Lipinski definition) is 3. The van der Waals surface area contributed by atoms with Gasteiger partial charge in [-0.3, -0.25) is 5.73 Å². The Morgan fingerprint density at radius 1 is 1.73 bits per heavy atom. The van der Waals surface area contributed by atoms with Crippen LogP contribution in [0.2, 0.25) is 0 Å². The third-order valence-electron chi connectivity index (χ3n) is 3.36. The average molecular weight is 227 g/mol. The molecular formula is C11H19N2OS+. The minimum Gasteiger partial charge on any atom is -0.375 e. The monoisotopic (exact) mass is 227 g/mol. The molecule has 4 heteroatoms. The molecule has 0 bridgehead atoms. The fraction of sp³-hybridized carbons (Fsp3) is 0.727. The van der Waals surface area contributed by atoms with Crippen molar-refractivity contribution in [3.8, 4) is 0 Å². The first kappa shape index (κ1) is 10.9. The van der Waals surface area contributed by atoms with E-state index in [1.807, 2.05) is 0 Å². The average Bonchev–Trinajstić information content (AvgIpc) is 2.65. The number of thiazole rings is 1. The quantitative estimate of drug-likeness (QED) is 0.842. The number of ether oxygens (including phenoxy) is 1. The number of nitrogens with two attached hydrogens (primary N) is 1. The number of anilines is 1.